The highest BCUT2D eigenvalue weighted by atomic mass is 16.6. The van der Waals surface area contributed by atoms with E-state index in [0.29, 0.717) is 29.4 Å². The van der Waals surface area contributed by atoms with Crippen LogP contribution in [0.25, 0.3) is 16.8 Å². The van der Waals surface area contributed by atoms with Crippen LogP contribution in [-0.4, -0.2) is 85.4 Å². The molecule has 3 aromatic heterocycles. The highest BCUT2D eigenvalue weighted by Crippen LogP contribution is 2.33. The van der Waals surface area contributed by atoms with Gasteiger partial charge >= 0.3 is 6.09 Å². The summed E-state index contributed by atoms with van der Waals surface area (Å²) in [6.07, 6.45) is 5.20. The molecule has 11 heteroatoms. The summed E-state index contributed by atoms with van der Waals surface area (Å²) in [6.45, 7) is 10.9. The highest BCUT2D eigenvalue weighted by Gasteiger charge is 2.38. The van der Waals surface area contributed by atoms with Gasteiger partial charge in [0.05, 0.1) is 25.0 Å². The maximum absolute atomic E-state index is 12.5. The molecule has 2 aliphatic rings. The van der Waals surface area contributed by atoms with Crippen LogP contribution in [0, 0.1) is 18.3 Å². The fraction of sp³-hybridized carbons (Fsp3) is 0.560. The number of aromatic nitrogens is 5. The molecule has 0 aliphatic carbocycles. The zero-order valence-corrected chi connectivity index (χ0v) is 21.4. The van der Waals surface area contributed by atoms with E-state index in [4.69, 9.17) is 9.47 Å². The summed E-state index contributed by atoms with van der Waals surface area (Å²) in [5.74, 6) is 0.567. The van der Waals surface area contributed by atoms with Gasteiger partial charge in [-0.15, -0.1) is 5.10 Å². The predicted octanol–water partition coefficient (Wildman–Crippen LogP) is 3.04. The molecule has 11 nitrogen and oxygen atoms in total. The molecule has 0 N–H and O–H groups in total. The van der Waals surface area contributed by atoms with Crippen LogP contribution in [0.2, 0.25) is 0 Å². The van der Waals surface area contributed by atoms with Crippen molar-refractivity contribution in [2.24, 2.45) is 0 Å². The molecule has 1 amide bonds. The summed E-state index contributed by atoms with van der Waals surface area (Å²) in [4.78, 5) is 16.8. The first-order valence-corrected chi connectivity index (χ1v) is 12.3. The van der Waals surface area contributed by atoms with E-state index in [-0.39, 0.29) is 12.1 Å². The number of methoxy groups -OCH3 is 1. The number of rotatable bonds is 4. The van der Waals surface area contributed by atoms with Crippen LogP contribution in [-0.2, 0) is 4.74 Å². The van der Waals surface area contributed by atoms with Gasteiger partial charge in [-0.25, -0.2) is 14.0 Å². The quantitative estimate of drug-likeness (QED) is 0.546. The van der Waals surface area contributed by atoms with Crippen LogP contribution in [0.3, 0.4) is 0 Å². The number of piperidine rings is 1. The van der Waals surface area contributed by atoms with E-state index in [9.17, 15) is 10.1 Å². The molecule has 5 rings (SSSR count). The van der Waals surface area contributed by atoms with Crippen molar-refractivity contribution in [1.29, 1.82) is 5.26 Å². The number of ether oxygens (including phenoxy) is 2. The second-order valence-corrected chi connectivity index (χ2v) is 10.6. The summed E-state index contributed by atoms with van der Waals surface area (Å²) >= 11 is 0. The minimum Gasteiger partial charge on any atom is -0.494 e. The van der Waals surface area contributed by atoms with Gasteiger partial charge in [-0.1, -0.05) is 5.21 Å². The van der Waals surface area contributed by atoms with Crippen LogP contribution in [0.15, 0.2) is 18.5 Å². The molecule has 1 atom stereocenters. The third-order valence-electron chi connectivity index (χ3n) is 6.92. The number of nitriles is 1. The number of hydrogen-bond acceptors (Lipinski definition) is 8. The fourth-order valence-electron chi connectivity index (χ4n) is 5.09. The van der Waals surface area contributed by atoms with Crippen molar-refractivity contribution < 1.29 is 14.3 Å². The number of likely N-dealkylation sites (tertiary alicyclic amines) is 2. The Balaban J connectivity index is 1.28. The molecule has 0 spiro atoms. The largest absolute Gasteiger partial charge is 0.494 e. The van der Waals surface area contributed by atoms with Gasteiger partial charge in [0.15, 0.2) is 0 Å². The lowest BCUT2D eigenvalue weighted by Gasteiger charge is -2.47. The Hall–Kier alpha value is -3.65. The lowest BCUT2D eigenvalue weighted by molar-refractivity contribution is -0.00933. The molecule has 0 bridgehead atoms. The number of carbonyl (C=O) groups excluding carboxylic acids is 1. The first-order chi connectivity index (χ1) is 17.2. The van der Waals surface area contributed by atoms with Crippen molar-refractivity contribution in [2.45, 2.75) is 58.2 Å². The van der Waals surface area contributed by atoms with Gasteiger partial charge in [0.1, 0.15) is 34.2 Å². The van der Waals surface area contributed by atoms with Crippen LogP contribution in [0.5, 0.6) is 5.75 Å². The molecule has 0 radical (unpaired) electrons. The molecule has 190 valence electrons. The van der Waals surface area contributed by atoms with Crippen molar-refractivity contribution in [2.75, 3.05) is 33.3 Å². The third-order valence-corrected chi connectivity index (χ3v) is 6.92. The van der Waals surface area contributed by atoms with E-state index in [1.54, 1.807) is 11.6 Å². The lowest BCUT2D eigenvalue weighted by atomic mass is 9.98. The van der Waals surface area contributed by atoms with Gasteiger partial charge in [-0.3, -0.25) is 4.90 Å². The van der Waals surface area contributed by atoms with Gasteiger partial charge in [-0.05, 0) is 46.6 Å². The third kappa shape index (κ3) is 4.37. The standard InChI is InChI=1S/C25H32N8O3/c1-16-22(17-9-21(35-5)23-18(10-26)11-27-32(23)12-17)28-29-33(16)20-14-31(15-20)19-7-6-8-30(13-19)24(34)36-25(2,3)4/h9,11-12,19-20H,6-8,13-15H2,1-5H3/t19-/m0/s1. The van der Waals surface area contributed by atoms with Crippen LogP contribution >= 0.6 is 0 Å². The maximum atomic E-state index is 12.5. The fourth-order valence-corrected chi connectivity index (χ4v) is 5.09. The Bertz CT molecular complexity index is 1330. The zero-order valence-electron chi connectivity index (χ0n) is 21.4. The molecule has 5 heterocycles. The first-order valence-electron chi connectivity index (χ1n) is 12.3. The van der Waals surface area contributed by atoms with E-state index < -0.39 is 5.60 Å². The summed E-state index contributed by atoms with van der Waals surface area (Å²) in [5, 5.41) is 22.6. The topological polar surface area (TPSA) is 114 Å². The van der Waals surface area contributed by atoms with E-state index in [2.05, 4.69) is 26.4 Å². The highest BCUT2D eigenvalue weighted by molar-refractivity contribution is 5.74. The summed E-state index contributed by atoms with van der Waals surface area (Å²) in [7, 11) is 1.58. The molecule has 0 aromatic carbocycles. The summed E-state index contributed by atoms with van der Waals surface area (Å²) < 4.78 is 14.7. The Labute approximate surface area is 210 Å². The average molecular weight is 493 g/mol. The van der Waals surface area contributed by atoms with Crippen LogP contribution < -0.4 is 4.74 Å². The minimum absolute atomic E-state index is 0.226. The molecule has 2 saturated heterocycles. The molecule has 36 heavy (non-hydrogen) atoms. The first kappa shape index (κ1) is 24.1. The number of hydrogen-bond donors (Lipinski definition) is 0. The zero-order chi connectivity index (χ0) is 25.6. The number of fused-ring (bicyclic) bond motifs is 1. The lowest BCUT2D eigenvalue weighted by Crippen LogP contribution is -2.58. The van der Waals surface area contributed by atoms with Gasteiger partial charge in [0, 0.05) is 44.0 Å². The van der Waals surface area contributed by atoms with Gasteiger partial charge in [0.25, 0.3) is 0 Å². The number of pyridine rings is 1. The average Bonchev–Trinajstić information content (AvgIpc) is 3.40. The van der Waals surface area contributed by atoms with Crippen molar-refractivity contribution >= 4 is 11.6 Å². The maximum Gasteiger partial charge on any atom is 0.410 e. The number of nitrogens with zero attached hydrogens (tertiary/aromatic N) is 8. The van der Waals surface area contributed by atoms with Crippen LogP contribution in [0.1, 0.15) is 50.9 Å². The van der Waals surface area contributed by atoms with Crippen molar-refractivity contribution in [3.8, 4) is 23.1 Å². The van der Waals surface area contributed by atoms with Gasteiger partial charge in [0.2, 0.25) is 0 Å². The number of carbonyl (C=O) groups is 1. The molecule has 3 aromatic rings. The normalized spacial score (nSPS) is 19.2. The second-order valence-electron chi connectivity index (χ2n) is 10.6. The van der Waals surface area contributed by atoms with E-state index in [0.717, 1.165) is 49.4 Å². The Morgan fingerprint density at radius 3 is 2.69 bits per heavy atom. The van der Waals surface area contributed by atoms with Crippen molar-refractivity contribution in [3.05, 3.63) is 29.7 Å². The number of amides is 1. The summed E-state index contributed by atoms with van der Waals surface area (Å²) in [6, 6.07) is 4.58. The molecule has 2 aliphatic heterocycles. The Morgan fingerprint density at radius 2 is 2.00 bits per heavy atom. The predicted molar refractivity (Wildman–Crippen MR) is 132 cm³/mol. The SMILES string of the molecule is COc1cc(-c2nnn(C3CN([C@H]4CCCN(C(=O)OC(C)(C)C)C4)C3)c2C)cn2ncc(C#N)c12. The second kappa shape index (κ2) is 9.09. The minimum atomic E-state index is -0.488. The summed E-state index contributed by atoms with van der Waals surface area (Å²) in [5.41, 5.74) is 3.16. The smallest absolute Gasteiger partial charge is 0.410 e. The molecular formula is C25H32N8O3. The van der Waals surface area contributed by atoms with Crippen molar-refractivity contribution in [3.63, 3.8) is 0 Å². The van der Waals surface area contributed by atoms with Gasteiger partial charge in [-0.2, -0.15) is 10.4 Å². The molecule has 0 unspecified atom stereocenters. The van der Waals surface area contributed by atoms with E-state index in [1.807, 2.05) is 49.5 Å². The van der Waals surface area contributed by atoms with E-state index >= 15 is 0 Å². The molecule has 0 saturated carbocycles. The monoisotopic (exact) mass is 492 g/mol. The Kier molecular flexibility index (Phi) is 6.08. The van der Waals surface area contributed by atoms with Crippen LogP contribution in [0.4, 0.5) is 4.79 Å². The molecular weight excluding hydrogens is 460 g/mol. The Morgan fingerprint density at radius 1 is 1.22 bits per heavy atom. The van der Waals surface area contributed by atoms with Crippen molar-refractivity contribution in [1.82, 2.24) is 34.4 Å². The van der Waals surface area contributed by atoms with E-state index in [1.165, 1.54) is 6.20 Å². The van der Waals surface area contributed by atoms with Gasteiger partial charge < -0.3 is 14.4 Å². The molecule has 2 fully saturated rings.